The first-order valence-corrected chi connectivity index (χ1v) is 13.8. The Kier molecular flexibility index (Phi) is 6.54. The monoisotopic (exact) mass is 485 g/mol. The highest BCUT2D eigenvalue weighted by atomic mass is 16.4. The predicted molar refractivity (Wildman–Crippen MR) is 142 cm³/mol. The number of carbonyl (C=O) groups is 1. The van der Waals surface area contributed by atoms with Crippen molar-refractivity contribution in [2.45, 2.75) is 106 Å². The van der Waals surface area contributed by atoms with Gasteiger partial charge in [0.2, 0.25) is 0 Å². The number of allylic oxidation sites excluding steroid dienone is 5. The maximum Gasteiger partial charge on any atom is 0.306 e. The standard InChI is InChI=1S/C31H48O4/c1-18(2)19(3)9-10-20(27(34)35)26-23(32)17-31(8)22-11-12-24-28(4,5)25(33)14-15-29(24,6)21(22)13-16-30(26,31)7/h11,13,18,20,23-26,32-33H,3,9-10,12,14-17H2,1-2,4-8H3,(H,34,35)/p+1/t20?,23-,24+,25?,26+,29-,30-,31+/m1/s1. The molecule has 4 rings (SSSR count). The second-order valence-corrected chi connectivity index (χ2v) is 13.9. The van der Waals surface area contributed by atoms with Crippen LogP contribution in [0, 0.1) is 45.3 Å². The molecule has 0 aliphatic heterocycles. The largest absolute Gasteiger partial charge is 0.481 e. The summed E-state index contributed by atoms with van der Waals surface area (Å²) in [5.74, 6) is -0.874. The van der Waals surface area contributed by atoms with E-state index in [-0.39, 0.29) is 33.7 Å². The number of carboxylic acids is 1. The minimum absolute atomic E-state index is 0.0323. The molecule has 8 atom stereocenters. The quantitative estimate of drug-likeness (QED) is 0.344. The van der Waals surface area contributed by atoms with E-state index in [9.17, 15) is 15.0 Å². The summed E-state index contributed by atoms with van der Waals surface area (Å²) < 4.78 is 0. The van der Waals surface area contributed by atoms with Crippen LogP contribution in [0.4, 0.5) is 0 Å². The van der Waals surface area contributed by atoms with Gasteiger partial charge in [0, 0.05) is 23.2 Å². The summed E-state index contributed by atoms with van der Waals surface area (Å²) in [5.41, 5.74) is 3.32. The summed E-state index contributed by atoms with van der Waals surface area (Å²) >= 11 is 0. The normalized spacial score (nSPS) is 42.9. The highest BCUT2D eigenvalue weighted by molar-refractivity contribution is 5.71. The van der Waals surface area contributed by atoms with Gasteiger partial charge in [-0.05, 0) is 72.3 Å². The Morgan fingerprint density at radius 1 is 1.17 bits per heavy atom. The number of hydrogen-bond donors (Lipinski definition) is 2. The van der Waals surface area contributed by atoms with Crippen molar-refractivity contribution in [1.82, 2.24) is 0 Å². The molecule has 0 bridgehead atoms. The van der Waals surface area contributed by atoms with Gasteiger partial charge in [0.1, 0.15) is 0 Å². The topological polar surface area (TPSA) is 80.4 Å². The molecule has 0 heterocycles. The Morgan fingerprint density at radius 3 is 2.43 bits per heavy atom. The van der Waals surface area contributed by atoms with Gasteiger partial charge in [0.15, 0.2) is 6.10 Å². The zero-order valence-electron chi connectivity index (χ0n) is 23.1. The Hall–Kier alpha value is -1.39. The van der Waals surface area contributed by atoms with E-state index in [0.29, 0.717) is 31.1 Å². The van der Waals surface area contributed by atoms with E-state index in [1.165, 1.54) is 11.1 Å². The van der Waals surface area contributed by atoms with Crippen LogP contribution in [0.15, 0.2) is 35.5 Å². The van der Waals surface area contributed by atoms with Crippen LogP contribution in [0.2, 0.25) is 0 Å². The lowest BCUT2D eigenvalue weighted by molar-refractivity contribution is -0.148. The van der Waals surface area contributed by atoms with E-state index in [2.05, 4.69) is 67.2 Å². The van der Waals surface area contributed by atoms with Crippen LogP contribution in [-0.2, 0) is 4.79 Å². The number of fused-ring (bicyclic) bond motifs is 5. The molecule has 2 unspecified atom stereocenters. The first kappa shape index (κ1) is 26.7. The molecule has 4 nitrogen and oxygen atoms in total. The van der Waals surface area contributed by atoms with Crippen molar-refractivity contribution >= 4 is 5.97 Å². The number of rotatable bonds is 6. The molecule has 4 aliphatic carbocycles. The Bertz CT molecular complexity index is 957. The van der Waals surface area contributed by atoms with E-state index >= 15 is 0 Å². The van der Waals surface area contributed by atoms with Crippen molar-refractivity contribution in [3.05, 3.63) is 35.5 Å². The Labute approximate surface area is 212 Å². The smallest absolute Gasteiger partial charge is 0.306 e. The summed E-state index contributed by atoms with van der Waals surface area (Å²) in [6.45, 7) is 19.9. The molecular formula is C31H49O4+. The van der Waals surface area contributed by atoms with E-state index < -0.39 is 18.0 Å². The second-order valence-electron chi connectivity index (χ2n) is 13.9. The molecule has 0 aromatic rings. The minimum Gasteiger partial charge on any atom is -0.481 e. The van der Waals surface area contributed by atoms with Crippen molar-refractivity contribution in [2.24, 2.45) is 45.3 Å². The molecule has 35 heavy (non-hydrogen) atoms. The van der Waals surface area contributed by atoms with Gasteiger partial charge in [-0.1, -0.05) is 72.8 Å². The van der Waals surface area contributed by atoms with Gasteiger partial charge >= 0.3 is 5.97 Å². The number of aliphatic hydroxyl groups excluding tert-OH is 1. The van der Waals surface area contributed by atoms with Crippen molar-refractivity contribution < 1.29 is 20.1 Å². The van der Waals surface area contributed by atoms with Gasteiger partial charge in [0.25, 0.3) is 0 Å². The van der Waals surface area contributed by atoms with Crippen LogP contribution in [0.1, 0.15) is 93.4 Å². The molecule has 2 saturated carbocycles. The van der Waals surface area contributed by atoms with Crippen LogP contribution in [0.5, 0.6) is 0 Å². The second kappa shape index (κ2) is 8.58. The zero-order chi connectivity index (χ0) is 26.1. The third kappa shape index (κ3) is 3.72. The third-order valence-corrected chi connectivity index (χ3v) is 11.7. The maximum absolute atomic E-state index is 12.6. The van der Waals surface area contributed by atoms with Crippen molar-refractivity contribution in [3.63, 3.8) is 0 Å². The van der Waals surface area contributed by atoms with Crippen LogP contribution >= 0.6 is 0 Å². The summed E-state index contributed by atoms with van der Waals surface area (Å²) in [6.07, 6.45) is 9.75. The lowest BCUT2D eigenvalue weighted by Gasteiger charge is -2.60. The first-order valence-electron chi connectivity index (χ1n) is 13.8. The highest BCUT2D eigenvalue weighted by Gasteiger charge is 2.66. The lowest BCUT2D eigenvalue weighted by Crippen LogP contribution is -2.54. The molecule has 0 aromatic carbocycles. The molecule has 2 fully saturated rings. The van der Waals surface area contributed by atoms with E-state index in [4.69, 9.17) is 5.11 Å². The van der Waals surface area contributed by atoms with Gasteiger partial charge < -0.3 is 15.3 Å². The van der Waals surface area contributed by atoms with Crippen molar-refractivity contribution in [3.8, 4) is 0 Å². The SMILES string of the molecule is C=C(CCC(C(=O)O)[C@H]1[C@H](O)C[C@@]2(C)C3=CC[C@H]4C(C)(C)C([OH2+])CC[C@]4(C)C3=CC[C@]12C)C(C)C. The van der Waals surface area contributed by atoms with Gasteiger partial charge in [-0.3, -0.25) is 4.79 Å². The molecule has 0 aromatic heterocycles. The molecule has 196 valence electrons. The fraction of sp³-hybridized carbons (Fsp3) is 0.774. The number of aliphatic hydroxyl groups is 1. The number of aliphatic carboxylic acids is 1. The molecule has 4 aliphatic rings. The zero-order valence-corrected chi connectivity index (χ0v) is 23.1. The van der Waals surface area contributed by atoms with E-state index in [0.717, 1.165) is 31.3 Å². The minimum atomic E-state index is -0.786. The molecular weight excluding hydrogens is 436 g/mol. The highest BCUT2D eigenvalue weighted by Crippen LogP contribution is 2.71. The predicted octanol–water partition coefficient (Wildman–Crippen LogP) is 6.27. The summed E-state index contributed by atoms with van der Waals surface area (Å²) in [5, 5.41) is 30.5. The molecule has 0 radical (unpaired) electrons. The van der Waals surface area contributed by atoms with Crippen LogP contribution < -0.4 is 0 Å². The van der Waals surface area contributed by atoms with Gasteiger partial charge in [-0.25, -0.2) is 0 Å². The molecule has 0 saturated heterocycles. The fourth-order valence-corrected chi connectivity index (χ4v) is 8.92. The summed E-state index contributed by atoms with van der Waals surface area (Å²) in [6, 6.07) is 0. The first-order chi connectivity index (χ1) is 16.1. The number of carboxylic acid groups (broad SMARTS) is 1. The average Bonchev–Trinajstić information content (AvgIpc) is 2.97. The fourth-order valence-electron chi connectivity index (χ4n) is 8.92. The van der Waals surface area contributed by atoms with Gasteiger partial charge in [-0.2, -0.15) is 0 Å². The Balaban J connectivity index is 1.72. The average molecular weight is 486 g/mol. The van der Waals surface area contributed by atoms with Crippen molar-refractivity contribution in [1.29, 1.82) is 0 Å². The van der Waals surface area contributed by atoms with E-state index in [1.54, 1.807) is 0 Å². The molecule has 0 spiro atoms. The number of hydrogen-bond acceptors (Lipinski definition) is 2. The molecule has 0 amide bonds. The van der Waals surface area contributed by atoms with Crippen LogP contribution in [-0.4, -0.2) is 33.5 Å². The van der Waals surface area contributed by atoms with Gasteiger partial charge in [-0.15, -0.1) is 0 Å². The maximum atomic E-state index is 12.6. The van der Waals surface area contributed by atoms with Crippen molar-refractivity contribution in [2.75, 3.05) is 0 Å². The van der Waals surface area contributed by atoms with Gasteiger partial charge in [0.05, 0.1) is 12.0 Å². The lowest BCUT2D eigenvalue weighted by atomic mass is 9.44. The Morgan fingerprint density at radius 2 is 1.83 bits per heavy atom. The third-order valence-electron chi connectivity index (χ3n) is 11.7. The van der Waals surface area contributed by atoms with E-state index in [1.807, 2.05) is 0 Å². The van der Waals surface area contributed by atoms with Crippen LogP contribution in [0.25, 0.3) is 0 Å². The summed E-state index contributed by atoms with van der Waals surface area (Å²) in [7, 11) is 0. The molecule has 4 heteroatoms. The molecule has 4 N–H and O–H groups in total. The van der Waals surface area contributed by atoms with Crippen LogP contribution in [0.3, 0.4) is 0 Å². The summed E-state index contributed by atoms with van der Waals surface area (Å²) in [4.78, 5) is 12.6.